The number of carbonyl (C=O) groups excluding carboxylic acids is 1. The van der Waals surface area contributed by atoms with Crippen LogP contribution < -0.4 is 5.32 Å². The highest BCUT2D eigenvalue weighted by Gasteiger charge is 2.26. The van der Waals surface area contributed by atoms with Crippen LogP contribution in [-0.2, 0) is 10.4 Å². The lowest BCUT2D eigenvalue weighted by molar-refractivity contribution is -0.125. The fraction of sp³-hybridized carbons (Fsp3) is 0.588. The number of rotatable bonds is 8. The molecule has 0 radical (unpaired) electrons. The van der Waals surface area contributed by atoms with Gasteiger partial charge in [0.1, 0.15) is 0 Å². The fourth-order valence-electron chi connectivity index (χ4n) is 2.39. The Morgan fingerprint density at radius 2 is 1.95 bits per heavy atom. The molecule has 1 aromatic carbocycles. The minimum atomic E-state index is -1.13. The molecular weight excluding hydrogens is 264 g/mol. The number of benzene rings is 1. The largest absolute Gasteiger partial charge is 0.385 e. The fourth-order valence-corrected chi connectivity index (χ4v) is 2.39. The van der Waals surface area contributed by atoms with Gasteiger partial charge in [-0.05, 0) is 32.9 Å². The van der Waals surface area contributed by atoms with Crippen LogP contribution in [0.3, 0.4) is 0 Å². The van der Waals surface area contributed by atoms with Gasteiger partial charge in [0.25, 0.3) is 0 Å². The molecule has 0 saturated carbocycles. The monoisotopic (exact) mass is 292 g/mol. The van der Waals surface area contributed by atoms with Crippen molar-refractivity contribution in [2.45, 2.75) is 45.8 Å². The molecule has 1 atom stereocenters. The van der Waals surface area contributed by atoms with Crippen LogP contribution in [0.4, 0.5) is 0 Å². The summed E-state index contributed by atoms with van der Waals surface area (Å²) in [4.78, 5) is 14.3. The van der Waals surface area contributed by atoms with Crippen molar-refractivity contribution in [1.82, 2.24) is 10.2 Å². The molecule has 0 aliphatic rings. The lowest BCUT2D eigenvalue weighted by Crippen LogP contribution is -2.40. The molecule has 1 rings (SSSR count). The zero-order valence-corrected chi connectivity index (χ0v) is 13.6. The highest BCUT2D eigenvalue weighted by molar-refractivity contribution is 5.77. The minimum absolute atomic E-state index is 0.0742. The Hall–Kier alpha value is -1.39. The Kier molecular flexibility index (Phi) is 6.85. The lowest BCUT2D eigenvalue weighted by atomic mass is 9.92. The average molecular weight is 292 g/mol. The number of aliphatic hydroxyl groups is 1. The van der Waals surface area contributed by atoms with E-state index in [0.717, 1.165) is 18.7 Å². The third-order valence-electron chi connectivity index (χ3n) is 3.76. The molecule has 0 spiro atoms. The van der Waals surface area contributed by atoms with E-state index in [-0.39, 0.29) is 12.3 Å². The molecule has 0 aliphatic carbocycles. The van der Waals surface area contributed by atoms with Crippen molar-refractivity contribution in [1.29, 1.82) is 0 Å². The van der Waals surface area contributed by atoms with Gasteiger partial charge in [-0.1, -0.05) is 37.3 Å². The predicted octanol–water partition coefficient (Wildman–Crippen LogP) is 2.13. The summed E-state index contributed by atoms with van der Waals surface area (Å²) in [5.74, 6) is -0.122. The standard InChI is InChI=1S/C17H28N2O2/c1-5-19(14(2)3)12-11-18-16(20)13-17(4,21)15-9-7-6-8-10-15/h6-10,14,21H,5,11-13H2,1-4H3,(H,18,20). The van der Waals surface area contributed by atoms with E-state index in [2.05, 4.69) is 31.0 Å². The van der Waals surface area contributed by atoms with E-state index in [4.69, 9.17) is 0 Å². The molecular formula is C17H28N2O2. The van der Waals surface area contributed by atoms with Gasteiger partial charge in [-0.15, -0.1) is 0 Å². The summed E-state index contributed by atoms with van der Waals surface area (Å²) in [5.41, 5.74) is -0.370. The molecule has 118 valence electrons. The zero-order chi connectivity index (χ0) is 15.9. The van der Waals surface area contributed by atoms with Gasteiger partial charge >= 0.3 is 0 Å². The van der Waals surface area contributed by atoms with Gasteiger partial charge in [0.05, 0.1) is 12.0 Å². The van der Waals surface area contributed by atoms with E-state index < -0.39 is 5.60 Å². The Morgan fingerprint density at radius 1 is 1.33 bits per heavy atom. The second-order valence-electron chi connectivity index (χ2n) is 5.89. The topological polar surface area (TPSA) is 52.6 Å². The zero-order valence-electron chi connectivity index (χ0n) is 13.6. The molecule has 21 heavy (non-hydrogen) atoms. The second kappa shape index (κ2) is 8.15. The van der Waals surface area contributed by atoms with Crippen LogP contribution in [0.5, 0.6) is 0 Å². The van der Waals surface area contributed by atoms with Crippen LogP contribution in [0.1, 0.15) is 39.7 Å². The molecule has 1 amide bonds. The lowest BCUT2D eigenvalue weighted by Gasteiger charge is -2.26. The van der Waals surface area contributed by atoms with E-state index in [1.165, 1.54) is 0 Å². The first-order valence-electron chi connectivity index (χ1n) is 7.65. The van der Waals surface area contributed by atoms with Crippen LogP contribution in [-0.4, -0.2) is 41.6 Å². The molecule has 1 aromatic rings. The number of nitrogens with zero attached hydrogens (tertiary/aromatic N) is 1. The highest BCUT2D eigenvalue weighted by Crippen LogP contribution is 2.23. The quantitative estimate of drug-likeness (QED) is 0.772. The van der Waals surface area contributed by atoms with Gasteiger partial charge < -0.3 is 10.4 Å². The molecule has 1 unspecified atom stereocenters. The second-order valence-corrected chi connectivity index (χ2v) is 5.89. The molecule has 0 fully saturated rings. The van der Waals surface area contributed by atoms with Gasteiger partial charge in [0, 0.05) is 19.1 Å². The van der Waals surface area contributed by atoms with Crippen molar-refractivity contribution in [3.8, 4) is 0 Å². The van der Waals surface area contributed by atoms with Gasteiger partial charge in [-0.3, -0.25) is 9.69 Å². The molecule has 0 aromatic heterocycles. The maximum Gasteiger partial charge on any atom is 0.223 e. The third-order valence-corrected chi connectivity index (χ3v) is 3.76. The number of likely N-dealkylation sites (N-methyl/N-ethyl adjacent to an activating group) is 1. The minimum Gasteiger partial charge on any atom is -0.385 e. The van der Waals surface area contributed by atoms with E-state index in [0.29, 0.717) is 12.6 Å². The van der Waals surface area contributed by atoms with E-state index in [1.807, 2.05) is 30.3 Å². The van der Waals surface area contributed by atoms with Crippen molar-refractivity contribution >= 4 is 5.91 Å². The first-order valence-corrected chi connectivity index (χ1v) is 7.65. The van der Waals surface area contributed by atoms with Crippen LogP contribution in [0.25, 0.3) is 0 Å². The van der Waals surface area contributed by atoms with Crippen LogP contribution in [0, 0.1) is 0 Å². The summed E-state index contributed by atoms with van der Waals surface area (Å²) in [6.45, 7) is 10.5. The number of hydrogen-bond donors (Lipinski definition) is 2. The van der Waals surface area contributed by atoms with Gasteiger partial charge in [0.15, 0.2) is 0 Å². The van der Waals surface area contributed by atoms with Crippen molar-refractivity contribution in [2.75, 3.05) is 19.6 Å². The Labute approximate surface area is 128 Å². The van der Waals surface area contributed by atoms with Gasteiger partial charge in [-0.25, -0.2) is 0 Å². The van der Waals surface area contributed by atoms with Crippen molar-refractivity contribution in [3.63, 3.8) is 0 Å². The normalized spacial score (nSPS) is 14.2. The highest BCUT2D eigenvalue weighted by atomic mass is 16.3. The van der Waals surface area contributed by atoms with Crippen molar-refractivity contribution < 1.29 is 9.90 Å². The number of amides is 1. The smallest absolute Gasteiger partial charge is 0.223 e. The Morgan fingerprint density at radius 3 is 2.48 bits per heavy atom. The summed E-state index contributed by atoms with van der Waals surface area (Å²) in [6, 6.07) is 9.77. The first-order chi connectivity index (χ1) is 9.86. The summed E-state index contributed by atoms with van der Waals surface area (Å²) >= 11 is 0. The molecule has 0 bridgehead atoms. The summed E-state index contributed by atoms with van der Waals surface area (Å²) in [5, 5.41) is 13.3. The Balaban J connectivity index is 2.43. The summed E-state index contributed by atoms with van der Waals surface area (Å²) < 4.78 is 0. The molecule has 2 N–H and O–H groups in total. The van der Waals surface area contributed by atoms with Gasteiger partial charge in [0.2, 0.25) is 5.91 Å². The van der Waals surface area contributed by atoms with E-state index in [1.54, 1.807) is 6.92 Å². The van der Waals surface area contributed by atoms with Crippen molar-refractivity contribution in [2.24, 2.45) is 0 Å². The number of carbonyl (C=O) groups is 1. The SMILES string of the molecule is CCN(CCNC(=O)CC(C)(O)c1ccccc1)C(C)C. The number of nitrogens with one attached hydrogen (secondary N) is 1. The molecule has 0 aliphatic heterocycles. The average Bonchev–Trinajstić information content (AvgIpc) is 2.43. The maximum absolute atomic E-state index is 12.0. The molecule has 4 heteroatoms. The third kappa shape index (κ3) is 5.86. The summed E-state index contributed by atoms with van der Waals surface area (Å²) in [6.07, 6.45) is 0.0742. The Bertz CT molecular complexity index is 430. The summed E-state index contributed by atoms with van der Waals surface area (Å²) in [7, 11) is 0. The van der Waals surface area contributed by atoms with Crippen molar-refractivity contribution in [3.05, 3.63) is 35.9 Å². The predicted molar refractivity (Wildman–Crippen MR) is 86.0 cm³/mol. The van der Waals surface area contributed by atoms with Gasteiger partial charge in [-0.2, -0.15) is 0 Å². The van der Waals surface area contributed by atoms with Crippen LogP contribution in [0.15, 0.2) is 30.3 Å². The first kappa shape index (κ1) is 17.7. The van der Waals surface area contributed by atoms with E-state index >= 15 is 0 Å². The van der Waals surface area contributed by atoms with Crippen LogP contribution in [0.2, 0.25) is 0 Å². The molecule has 0 heterocycles. The number of hydrogen-bond acceptors (Lipinski definition) is 3. The maximum atomic E-state index is 12.0. The molecule has 4 nitrogen and oxygen atoms in total. The molecule has 0 saturated heterocycles. The van der Waals surface area contributed by atoms with Crippen LogP contribution >= 0.6 is 0 Å². The van der Waals surface area contributed by atoms with E-state index in [9.17, 15) is 9.90 Å².